The Morgan fingerprint density at radius 2 is 2.03 bits per heavy atom. The topological polar surface area (TPSA) is 77.3 Å². The van der Waals surface area contributed by atoms with E-state index in [0.29, 0.717) is 24.0 Å². The largest absolute Gasteiger partial charge is 0.467 e. The Bertz CT molecular complexity index is 1010. The summed E-state index contributed by atoms with van der Waals surface area (Å²) >= 11 is 1.42. The molecule has 1 amide bonds. The van der Waals surface area contributed by atoms with Crippen molar-refractivity contribution in [1.29, 1.82) is 0 Å². The molecule has 4 rings (SSSR count). The van der Waals surface area contributed by atoms with Gasteiger partial charge in [0.25, 0.3) is 0 Å². The monoisotopic (exact) mass is 440 g/mol. The molecule has 0 saturated heterocycles. The Hall–Kier alpha value is -2.74. The second-order valence-corrected chi connectivity index (χ2v) is 9.02. The molecule has 0 aliphatic heterocycles. The first-order chi connectivity index (χ1) is 15.1. The third-order valence-corrected chi connectivity index (χ3v) is 6.09. The van der Waals surface area contributed by atoms with Crippen LogP contribution in [0.5, 0.6) is 0 Å². The van der Waals surface area contributed by atoms with Crippen molar-refractivity contribution in [3.63, 3.8) is 0 Å². The highest BCUT2D eigenvalue weighted by atomic mass is 32.2. The van der Waals surface area contributed by atoms with E-state index in [-0.39, 0.29) is 11.7 Å². The molecule has 0 unspecified atom stereocenters. The van der Waals surface area contributed by atoms with Crippen LogP contribution in [0.4, 0.5) is 0 Å². The van der Waals surface area contributed by atoms with Gasteiger partial charge < -0.3 is 13.7 Å². The van der Waals surface area contributed by atoms with Gasteiger partial charge in [-0.3, -0.25) is 9.36 Å². The van der Waals surface area contributed by atoms with Gasteiger partial charge in [-0.05, 0) is 55.9 Å². The number of amides is 1. The number of nitrogens with zero attached hydrogens (tertiary/aromatic N) is 4. The van der Waals surface area contributed by atoms with Crippen LogP contribution in [0.3, 0.4) is 0 Å². The van der Waals surface area contributed by atoms with Gasteiger partial charge in [0.2, 0.25) is 5.91 Å². The molecule has 0 atom stereocenters. The van der Waals surface area contributed by atoms with Crippen molar-refractivity contribution >= 4 is 17.7 Å². The number of carbonyl (C=O) groups excluding carboxylic acids is 1. The lowest BCUT2D eigenvalue weighted by atomic mass is 10.0. The summed E-state index contributed by atoms with van der Waals surface area (Å²) in [5.74, 6) is 2.89. The summed E-state index contributed by atoms with van der Waals surface area (Å²) in [5.41, 5.74) is 1.09. The lowest BCUT2D eigenvalue weighted by Crippen LogP contribution is -2.32. The summed E-state index contributed by atoms with van der Waals surface area (Å²) in [5, 5.41) is 9.41. The van der Waals surface area contributed by atoms with Crippen molar-refractivity contribution in [2.75, 3.05) is 5.75 Å². The lowest BCUT2D eigenvalue weighted by molar-refractivity contribution is -0.127. The maximum atomic E-state index is 13.3. The zero-order chi connectivity index (χ0) is 21.6. The molecule has 3 aromatic rings. The van der Waals surface area contributed by atoms with Gasteiger partial charge >= 0.3 is 0 Å². The minimum atomic E-state index is 0.0493. The average Bonchev–Trinajstić information content (AvgIpc) is 3.53. The molecule has 3 aromatic heterocycles. The van der Waals surface area contributed by atoms with Crippen LogP contribution in [0.2, 0.25) is 0 Å². The summed E-state index contributed by atoms with van der Waals surface area (Å²) in [6.45, 7) is 5.49. The van der Waals surface area contributed by atoms with E-state index in [1.54, 1.807) is 12.5 Å². The number of carbonyl (C=O) groups is 1. The van der Waals surface area contributed by atoms with Gasteiger partial charge in [0.15, 0.2) is 16.7 Å². The van der Waals surface area contributed by atoms with Crippen LogP contribution < -0.4 is 0 Å². The maximum absolute atomic E-state index is 13.3. The van der Waals surface area contributed by atoms with Crippen LogP contribution in [0.15, 0.2) is 62.6 Å². The minimum absolute atomic E-state index is 0.0493. The standard InChI is InChI=1S/C23H28N4O3S/c1-17(2)14-27-22(20-11-7-13-30-20)24-25-23(27)31-16-21(28)26(15-19-10-6-12-29-19)18-8-4-3-5-9-18/h6-8,10-13,17H,3-5,9,14-16H2,1-2H3. The summed E-state index contributed by atoms with van der Waals surface area (Å²) in [6, 6.07) is 7.48. The molecular weight excluding hydrogens is 412 g/mol. The predicted molar refractivity (Wildman–Crippen MR) is 119 cm³/mol. The molecule has 7 nitrogen and oxygen atoms in total. The normalized spacial score (nSPS) is 14.1. The number of furan rings is 2. The van der Waals surface area contributed by atoms with E-state index in [0.717, 1.165) is 42.4 Å². The molecular formula is C23H28N4O3S. The SMILES string of the molecule is CC(C)Cn1c(SCC(=O)N(Cc2ccco2)C2=CCCCC2)nnc1-c1ccco1. The van der Waals surface area contributed by atoms with E-state index in [4.69, 9.17) is 8.83 Å². The average molecular weight is 441 g/mol. The van der Waals surface area contributed by atoms with Gasteiger partial charge in [-0.1, -0.05) is 31.7 Å². The fourth-order valence-corrected chi connectivity index (χ4v) is 4.52. The summed E-state index contributed by atoms with van der Waals surface area (Å²) in [6.07, 6.45) is 9.68. The fraction of sp³-hybridized carbons (Fsp3) is 0.435. The molecule has 0 spiro atoms. The number of hydrogen-bond acceptors (Lipinski definition) is 6. The molecule has 164 valence electrons. The van der Waals surface area contributed by atoms with Gasteiger partial charge in [-0.25, -0.2) is 0 Å². The van der Waals surface area contributed by atoms with Gasteiger partial charge in [-0.15, -0.1) is 10.2 Å². The van der Waals surface area contributed by atoms with Crippen molar-refractivity contribution in [2.24, 2.45) is 5.92 Å². The third-order valence-electron chi connectivity index (χ3n) is 5.14. The molecule has 1 aliphatic carbocycles. The van der Waals surface area contributed by atoms with Crippen LogP contribution in [0, 0.1) is 5.92 Å². The zero-order valence-corrected chi connectivity index (χ0v) is 18.8. The van der Waals surface area contributed by atoms with E-state index in [2.05, 4.69) is 30.1 Å². The molecule has 8 heteroatoms. The molecule has 0 bridgehead atoms. The minimum Gasteiger partial charge on any atom is -0.467 e. The van der Waals surface area contributed by atoms with E-state index < -0.39 is 0 Å². The molecule has 3 heterocycles. The highest BCUT2D eigenvalue weighted by Gasteiger charge is 2.23. The molecule has 31 heavy (non-hydrogen) atoms. The summed E-state index contributed by atoms with van der Waals surface area (Å²) in [4.78, 5) is 15.1. The third kappa shape index (κ3) is 5.31. The Morgan fingerprint density at radius 1 is 1.19 bits per heavy atom. The highest BCUT2D eigenvalue weighted by Crippen LogP contribution is 2.28. The Kier molecular flexibility index (Phi) is 6.96. The van der Waals surface area contributed by atoms with Crippen molar-refractivity contribution in [3.05, 3.63) is 54.3 Å². The molecule has 0 N–H and O–H groups in total. The van der Waals surface area contributed by atoms with E-state index in [1.807, 2.05) is 33.7 Å². The van der Waals surface area contributed by atoms with Crippen LogP contribution in [0.25, 0.3) is 11.6 Å². The first kappa shape index (κ1) is 21.5. The number of rotatable bonds is 9. The van der Waals surface area contributed by atoms with Gasteiger partial charge in [0.05, 0.1) is 24.8 Å². The quantitative estimate of drug-likeness (QED) is 0.417. The second kappa shape index (κ2) is 10.0. The van der Waals surface area contributed by atoms with Crippen molar-refractivity contribution in [3.8, 4) is 11.6 Å². The second-order valence-electron chi connectivity index (χ2n) is 8.08. The van der Waals surface area contributed by atoms with E-state index in [9.17, 15) is 4.79 Å². The van der Waals surface area contributed by atoms with Crippen molar-refractivity contribution in [1.82, 2.24) is 19.7 Å². The van der Waals surface area contributed by atoms with Crippen molar-refractivity contribution in [2.45, 2.75) is 57.8 Å². The predicted octanol–water partition coefficient (Wildman–Crippen LogP) is 5.37. The van der Waals surface area contributed by atoms with E-state index in [1.165, 1.54) is 18.2 Å². The number of aromatic nitrogens is 3. The molecule has 0 aromatic carbocycles. The summed E-state index contributed by atoms with van der Waals surface area (Å²) in [7, 11) is 0. The molecule has 0 saturated carbocycles. The van der Waals surface area contributed by atoms with Gasteiger partial charge in [0, 0.05) is 12.2 Å². The number of thioether (sulfide) groups is 1. The number of hydrogen-bond donors (Lipinski definition) is 0. The Balaban J connectivity index is 1.51. The van der Waals surface area contributed by atoms with Crippen LogP contribution in [0.1, 0.15) is 45.3 Å². The zero-order valence-electron chi connectivity index (χ0n) is 18.0. The smallest absolute Gasteiger partial charge is 0.237 e. The molecule has 1 aliphatic rings. The highest BCUT2D eigenvalue weighted by molar-refractivity contribution is 7.99. The molecule has 0 radical (unpaired) electrons. The van der Waals surface area contributed by atoms with Crippen LogP contribution >= 0.6 is 11.8 Å². The summed E-state index contributed by atoms with van der Waals surface area (Å²) < 4.78 is 13.1. The Morgan fingerprint density at radius 3 is 2.71 bits per heavy atom. The maximum Gasteiger partial charge on any atom is 0.237 e. The molecule has 0 fully saturated rings. The van der Waals surface area contributed by atoms with Crippen LogP contribution in [-0.4, -0.2) is 31.3 Å². The first-order valence-corrected chi connectivity index (χ1v) is 11.7. The lowest BCUT2D eigenvalue weighted by Gasteiger charge is -2.27. The Labute approximate surface area is 186 Å². The first-order valence-electron chi connectivity index (χ1n) is 10.7. The van der Waals surface area contributed by atoms with Gasteiger partial charge in [-0.2, -0.15) is 0 Å². The number of allylic oxidation sites excluding steroid dienone is 2. The van der Waals surface area contributed by atoms with Crippen molar-refractivity contribution < 1.29 is 13.6 Å². The van der Waals surface area contributed by atoms with Crippen LogP contribution in [-0.2, 0) is 17.9 Å². The van der Waals surface area contributed by atoms with Gasteiger partial charge in [0.1, 0.15) is 5.76 Å². The van der Waals surface area contributed by atoms with E-state index >= 15 is 0 Å². The fourth-order valence-electron chi connectivity index (χ4n) is 3.69.